The Morgan fingerprint density at radius 2 is 1.95 bits per heavy atom. The summed E-state index contributed by atoms with van der Waals surface area (Å²) in [5.74, 6) is -0.720. The quantitative estimate of drug-likeness (QED) is 0.715. The number of hydrogen-bond donors (Lipinski definition) is 1. The zero-order valence-electron chi connectivity index (χ0n) is 10.9. The van der Waals surface area contributed by atoms with Crippen molar-refractivity contribution < 1.29 is 13.5 Å². The molecule has 7 heteroatoms. The number of ether oxygens (including phenoxy) is 1. The minimum Gasteiger partial charge on any atom is -0.497 e. The smallest absolute Gasteiger partial charge is 0.206 e. The van der Waals surface area contributed by atoms with Crippen LogP contribution in [0.4, 0.5) is 14.7 Å². The molecule has 21 heavy (non-hydrogen) atoms. The second-order valence-corrected chi connectivity index (χ2v) is 5.23. The molecule has 0 atom stereocenters. The summed E-state index contributed by atoms with van der Waals surface area (Å²) in [6, 6.07) is 7.26. The van der Waals surface area contributed by atoms with Crippen molar-refractivity contribution in [3.8, 4) is 11.4 Å². The maximum absolute atomic E-state index is 14.1. The third-order valence-corrected chi connectivity index (χ3v) is 3.73. The van der Waals surface area contributed by atoms with Crippen LogP contribution in [0.15, 0.2) is 34.8 Å². The molecule has 1 heterocycles. The Morgan fingerprint density at radius 3 is 2.67 bits per heavy atom. The van der Waals surface area contributed by atoms with Crippen LogP contribution in [0.1, 0.15) is 0 Å². The van der Waals surface area contributed by atoms with Gasteiger partial charge in [-0.25, -0.2) is 13.8 Å². The number of benzene rings is 2. The SMILES string of the molecule is COc1ccc2nc(N)n(-c3cc(Br)c(F)cc3F)c2c1. The van der Waals surface area contributed by atoms with Crippen LogP contribution in [0.25, 0.3) is 16.7 Å². The molecular weight excluding hydrogens is 344 g/mol. The molecule has 0 bridgehead atoms. The van der Waals surface area contributed by atoms with Crippen molar-refractivity contribution in [2.24, 2.45) is 0 Å². The third-order valence-electron chi connectivity index (χ3n) is 3.12. The maximum Gasteiger partial charge on any atom is 0.206 e. The molecule has 0 unspecified atom stereocenters. The van der Waals surface area contributed by atoms with Gasteiger partial charge < -0.3 is 10.5 Å². The fourth-order valence-electron chi connectivity index (χ4n) is 2.14. The van der Waals surface area contributed by atoms with E-state index < -0.39 is 11.6 Å². The summed E-state index contributed by atoms with van der Waals surface area (Å²) in [5.41, 5.74) is 7.14. The molecular formula is C14H10BrF2N3O. The third kappa shape index (κ3) is 2.23. The highest BCUT2D eigenvalue weighted by Gasteiger charge is 2.16. The van der Waals surface area contributed by atoms with Crippen LogP contribution in [0, 0.1) is 11.6 Å². The van der Waals surface area contributed by atoms with E-state index in [0.717, 1.165) is 6.07 Å². The molecule has 0 amide bonds. The number of anilines is 1. The molecule has 2 N–H and O–H groups in total. The predicted molar refractivity (Wildman–Crippen MR) is 79.7 cm³/mol. The van der Waals surface area contributed by atoms with Gasteiger partial charge in [-0.05, 0) is 34.1 Å². The van der Waals surface area contributed by atoms with Gasteiger partial charge in [0.25, 0.3) is 0 Å². The number of fused-ring (bicyclic) bond motifs is 1. The van der Waals surface area contributed by atoms with Crippen molar-refractivity contribution in [1.82, 2.24) is 9.55 Å². The molecule has 2 aromatic carbocycles. The molecule has 0 aliphatic rings. The molecule has 3 aromatic rings. The zero-order valence-corrected chi connectivity index (χ0v) is 12.5. The van der Waals surface area contributed by atoms with Crippen LogP contribution >= 0.6 is 15.9 Å². The van der Waals surface area contributed by atoms with E-state index in [1.807, 2.05) is 0 Å². The average Bonchev–Trinajstić information content (AvgIpc) is 2.78. The monoisotopic (exact) mass is 353 g/mol. The van der Waals surface area contributed by atoms with Gasteiger partial charge in [0.05, 0.1) is 28.3 Å². The summed E-state index contributed by atoms with van der Waals surface area (Å²) in [6.07, 6.45) is 0. The van der Waals surface area contributed by atoms with Crippen molar-refractivity contribution in [2.45, 2.75) is 0 Å². The van der Waals surface area contributed by atoms with Gasteiger partial charge in [-0.3, -0.25) is 4.57 Å². The Bertz CT molecular complexity index is 848. The Hall–Kier alpha value is -2.15. The van der Waals surface area contributed by atoms with Crippen molar-refractivity contribution in [3.63, 3.8) is 0 Å². The first-order valence-corrected chi connectivity index (χ1v) is 6.77. The van der Waals surface area contributed by atoms with Crippen LogP contribution in [-0.2, 0) is 0 Å². The van der Waals surface area contributed by atoms with E-state index in [4.69, 9.17) is 10.5 Å². The van der Waals surface area contributed by atoms with E-state index in [0.29, 0.717) is 16.8 Å². The Kier molecular flexibility index (Phi) is 3.29. The first kappa shape index (κ1) is 13.8. The fourth-order valence-corrected chi connectivity index (χ4v) is 2.47. The minimum absolute atomic E-state index is 0.107. The number of nitrogen functional groups attached to an aromatic ring is 1. The van der Waals surface area contributed by atoms with Crippen molar-refractivity contribution in [2.75, 3.05) is 12.8 Å². The van der Waals surface area contributed by atoms with Crippen LogP contribution in [-0.4, -0.2) is 16.7 Å². The number of nitrogens with zero attached hydrogens (tertiary/aromatic N) is 2. The number of rotatable bonds is 2. The van der Waals surface area contributed by atoms with Crippen molar-refractivity contribution in [1.29, 1.82) is 0 Å². The second-order valence-electron chi connectivity index (χ2n) is 4.38. The number of halogens is 3. The Balaban J connectivity index is 2.34. The van der Waals surface area contributed by atoms with Crippen LogP contribution in [0.2, 0.25) is 0 Å². The molecule has 1 aromatic heterocycles. The summed E-state index contributed by atoms with van der Waals surface area (Å²) >= 11 is 3.04. The van der Waals surface area contributed by atoms with Gasteiger partial charge in [0.1, 0.15) is 17.4 Å². The molecule has 4 nitrogen and oxygen atoms in total. The predicted octanol–water partition coefficient (Wildman–Crippen LogP) is 3.66. The van der Waals surface area contributed by atoms with E-state index in [2.05, 4.69) is 20.9 Å². The van der Waals surface area contributed by atoms with Gasteiger partial charge in [-0.1, -0.05) is 0 Å². The molecule has 0 fully saturated rings. The molecule has 0 saturated carbocycles. The van der Waals surface area contributed by atoms with E-state index in [-0.39, 0.29) is 16.1 Å². The largest absolute Gasteiger partial charge is 0.497 e. The van der Waals surface area contributed by atoms with Crippen molar-refractivity contribution in [3.05, 3.63) is 46.4 Å². The normalized spacial score (nSPS) is 11.0. The Morgan fingerprint density at radius 1 is 1.19 bits per heavy atom. The van der Waals surface area contributed by atoms with E-state index in [1.165, 1.54) is 17.7 Å². The lowest BCUT2D eigenvalue weighted by molar-refractivity contribution is 0.415. The van der Waals surface area contributed by atoms with Crippen LogP contribution in [0.5, 0.6) is 5.75 Å². The average molecular weight is 354 g/mol. The summed E-state index contributed by atoms with van der Waals surface area (Å²) in [5, 5.41) is 0. The second kappa shape index (κ2) is 5.00. The summed E-state index contributed by atoms with van der Waals surface area (Å²) in [7, 11) is 1.53. The number of hydrogen-bond acceptors (Lipinski definition) is 3. The topological polar surface area (TPSA) is 53.1 Å². The lowest BCUT2D eigenvalue weighted by Crippen LogP contribution is -2.04. The fraction of sp³-hybridized carbons (Fsp3) is 0.0714. The number of methoxy groups -OCH3 is 1. The van der Waals surface area contributed by atoms with Gasteiger partial charge in [-0.2, -0.15) is 0 Å². The zero-order chi connectivity index (χ0) is 15.1. The minimum atomic E-state index is -0.732. The number of aromatic nitrogens is 2. The van der Waals surface area contributed by atoms with E-state index in [1.54, 1.807) is 18.2 Å². The lowest BCUT2D eigenvalue weighted by Gasteiger charge is -2.09. The highest BCUT2D eigenvalue weighted by molar-refractivity contribution is 9.10. The molecule has 0 aliphatic carbocycles. The molecule has 0 radical (unpaired) electrons. The standard InChI is InChI=1S/C14H10BrF2N3O/c1-21-7-2-3-11-13(4-7)20(14(18)19-11)12-5-8(15)9(16)6-10(12)17/h2-6H,1H3,(H2,18,19). The molecule has 0 aliphatic heterocycles. The molecule has 108 valence electrons. The molecule has 0 saturated heterocycles. The van der Waals surface area contributed by atoms with Crippen LogP contribution in [0.3, 0.4) is 0 Å². The van der Waals surface area contributed by atoms with E-state index in [9.17, 15) is 8.78 Å². The molecule has 3 rings (SSSR count). The first-order chi connectivity index (χ1) is 10.0. The summed E-state index contributed by atoms with van der Waals surface area (Å²) in [6.45, 7) is 0. The van der Waals surface area contributed by atoms with Crippen molar-refractivity contribution >= 4 is 32.9 Å². The van der Waals surface area contributed by atoms with Gasteiger partial charge >= 0.3 is 0 Å². The lowest BCUT2D eigenvalue weighted by atomic mass is 10.2. The Labute approximate surface area is 127 Å². The van der Waals surface area contributed by atoms with Crippen LogP contribution < -0.4 is 10.5 Å². The van der Waals surface area contributed by atoms with Gasteiger partial charge in [0.2, 0.25) is 5.95 Å². The summed E-state index contributed by atoms with van der Waals surface area (Å²) < 4.78 is 34.2. The van der Waals surface area contributed by atoms with Gasteiger partial charge in [0, 0.05) is 12.1 Å². The highest BCUT2D eigenvalue weighted by atomic mass is 79.9. The van der Waals surface area contributed by atoms with E-state index >= 15 is 0 Å². The molecule has 0 spiro atoms. The number of nitrogens with two attached hydrogens (primary N) is 1. The van der Waals surface area contributed by atoms with Gasteiger partial charge in [0.15, 0.2) is 0 Å². The first-order valence-electron chi connectivity index (χ1n) is 5.98. The maximum atomic E-state index is 14.1. The summed E-state index contributed by atoms with van der Waals surface area (Å²) in [4.78, 5) is 4.17. The van der Waals surface area contributed by atoms with Gasteiger partial charge in [-0.15, -0.1) is 0 Å². The highest BCUT2D eigenvalue weighted by Crippen LogP contribution is 2.30. The number of imidazole rings is 1.